The fourth-order valence-electron chi connectivity index (χ4n) is 4.72. The van der Waals surface area contributed by atoms with E-state index in [1.807, 2.05) is 6.07 Å². The van der Waals surface area contributed by atoms with Crippen molar-refractivity contribution in [3.63, 3.8) is 0 Å². The zero-order valence-electron chi connectivity index (χ0n) is 18.2. The van der Waals surface area contributed by atoms with Crippen molar-refractivity contribution in [2.75, 3.05) is 44.8 Å². The van der Waals surface area contributed by atoms with Crippen molar-refractivity contribution in [1.82, 2.24) is 9.80 Å². The Hall–Kier alpha value is -2.60. The minimum absolute atomic E-state index is 0.0258. The number of thiophene rings is 1. The van der Waals surface area contributed by atoms with Crippen molar-refractivity contribution in [2.45, 2.75) is 38.6 Å². The molecule has 0 bridgehead atoms. The molecule has 5 rings (SSSR count). The molecule has 1 saturated heterocycles. The third kappa shape index (κ3) is 4.60. The fraction of sp³-hybridized carbons (Fsp3) is 0.500. The second-order valence-electron chi connectivity index (χ2n) is 8.67. The summed E-state index contributed by atoms with van der Waals surface area (Å²) in [4.78, 5) is 18.6. The van der Waals surface area contributed by atoms with Gasteiger partial charge in [0.05, 0.1) is 12.1 Å². The van der Waals surface area contributed by atoms with Crippen LogP contribution in [0.5, 0.6) is 11.5 Å². The number of benzene rings is 1. The average molecular weight is 453 g/mol. The molecule has 1 fully saturated rings. The number of amides is 1. The summed E-state index contributed by atoms with van der Waals surface area (Å²) in [7, 11) is 0. The number of carbonyl (C=O) groups is 1. The second kappa shape index (κ2) is 9.49. The first-order valence-electron chi connectivity index (χ1n) is 11.4. The van der Waals surface area contributed by atoms with E-state index < -0.39 is 0 Å². The van der Waals surface area contributed by atoms with Crippen LogP contribution in [-0.4, -0.2) is 55.2 Å². The molecule has 3 heterocycles. The highest BCUT2D eigenvalue weighted by atomic mass is 32.1. The highest BCUT2D eigenvalue weighted by Crippen LogP contribution is 2.37. The summed E-state index contributed by atoms with van der Waals surface area (Å²) in [6.45, 7) is 5.06. The average Bonchev–Trinajstić information content (AvgIpc) is 3.31. The first-order valence-corrected chi connectivity index (χ1v) is 12.2. The van der Waals surface area contributed by atoms with Crippen molar-refractivity contribution in [2.24, 2.45) is 0 Å². The van der Waals surface area contributed by atoms with E-state index in [-0.39, 0.29) is 5.91 Å². The number of hydrogen-bond donors (Lipinski definition) is 1. The molecule has 0 spiro atoms. The van der Waals surface area contributed by atoms with Crippen molar-refractivity contribution in [3.05, 3.63) is 39.8 Å². The molecule has 168 valence electrons. The molecule has 1 aromatic heterocycles. The molecule has 8 heteroatoms. The topological polar surface area (TPSA) is 77.8 Å². The SMILES string of the molecule is N#Cc1c(NC(=O)CN2CCN(Cc3ccc4c(c3)OCO4)CC2)sc2c1CCCCC2. The maximum absolute atomic E-state index is 12.7. The van der Waals surface area contributed by atoms with Gasteiger partial charge in [-0.25, -0.2) is 0 Å². The predicted molar refractivity (Wildman–Crippen MR) is 123 cm³/mol. The van der Waals surface area contributed by atoms with Crippen LogP contribution >= 0.6 is 11.3 Å². The van der Waals surface area contributed by atoms with Crippen LogP contribution in [-0.2, 0) is 24.2 Å². The van der Waals surface area contributed by atoms with Gasteiger partial charge in [0.25, 0.3) is 0 Å². The number of carbonyl (C=O) groups excluding carboxylic acids is 1. The molecule has 2 aromatic rings. The molecule has 0 saturated carbocycles. The number of anilines is 1. The normalized spacial score (nSPS) is 18.6. The standard InChI is InChI=1S/C24H28N4O3S/c25-13-19-18-4-2-1-3-5-22(18)32-24(19)26-23(29)15-28-10-8-27(9-11-28)14-17-6-7-20-21(12-17)31-16-30-20/h6-7,12H,1-5,8-11,14-16H2,(H,26,29). The van der Waals surface area contributed by atoms with E-state index in [9.17, 15) is 10.1 Å². The summed E-state index contributed by atoms with van der Waals surface area (Å²) >= 11 is 1.60. The molecule has 0 atom stereocenters. The van der Waals surface area contributed by atoms with Crippen LogP contribution in [0.3, 0.4) is 0 Å². The van der Waals surface area contributed by atoms with Crippen molar-refractivity contribution in [1.29, 1.82) is 5.26 Å². The first kappa shape index (κ1) is 21.3. The molecular formula is C24H28N4O3S. The largest absolute Gasteiger partial charge is 0.454 e. The molecule has 1 amide bonds. The Morgan fingerprint density at radius 1 is 1.06 bits per heavy atom. The van der Waals surface area contributed by atoms with Gasteiger partial charge in [0.2, 0.25) is 12.7 Å². The monoisotopic (exact) mass is 452 g/mol. The van der Waals surface area contributed by atoms with Crippen LogP contribution < -0.4 is 14.8 Å². The molecule has 32 heavy (non-hydrogen) atoms. The second-order valence-corrected chi connectivity index (χ2v) is 9.77. The Bertz CT molecular complexity index is 1040. The van der Waals surface area contributed by atoms with Gasteiger partial charge in [0.15, 0.2) is 11.5 Å². The number of nitriles is 1. The molecule has 0 unspecified atom stereocenters. The number of aryl methyl sites for hydroxylation is 1. The molecule has 7 nitrogen and oxygen atoms in total. The number of piperazine rings is 1. The highest BCUT2D eigenvalue weighted by Gasteiger charge is 2.23. The van der Waals surface area contributed by atoms with E-state index in [1.165, 1.54) is 28.8 Å². The van der Waals surface area contributed by atoms with Gasteiger partial charge >= 0.3 is 0 Å². The Morgan fingerprint density at radius 2 is 1.84 bits per heavy atom. The van der Waals surface area contributed by atoms with E-state index >= 15 is 0 Å². The molecule has 2 aliphatic heterocycles. The fourth-order valence-corrected chi connectivity index (χ4v) is 5.98. The van der Waals surface area contributed by atoms with Gasteiger partial charge in [0, 0.05) is 37.6 Å². The zero-order valence-corrected chi connectivity index (χ0v) is 19.0. The number of hydrogen-bond acceptors (Lipinski definition) is 7. The molecule has 1 aromatic carbocycles. The van der Waals surface area contributed by atoms with Crippen LogP contribution in [0.25, 0.3) is 0 Å². The van der Waals surface area contributed by atoms with Gasteiger partial charge in [-0.2, -0.15) is 5.26 Å². The minimum atomic E-state index is -0.0258. The van der Waals surface area contributed by atoms with Gasteiger partial charge in [0.1, 0.15) is 11.1 Å². The number of ether oxygens (including phenoxy) is 2. The summed E-state index contributed by atoms with van der Waals surface area (Å²) in [5.74, 6) is 1.61. The van der Waals surface area contributed by atoms with Gasteiger partial charge in [-0.05, 0) is 48.9 Å². The first-order chi connectivity index (χ1) is 15.7. The maximum atomic E-state index is 12.7. The van der Waals surface area contributed by atoms with Crippen LogP contribution in [0.2, 0.25) is 0 Å². The molecule has 1 N–H and O–H groups in total. The molecule has 1 aliphatic carbocycles. The van der Waals surface area contributed by atoms with Crippen molar-refractivity contribution in [3.8, 4) is 17.6 Å². The lowest BCUT2D eigenvalue weighted by Gasteiger charge is -2.34. The number of fused-ring (bicyclic) bond motifs is 2. The van der Waals surface area contributed by atoms with E-state index in [0.29, 0.717) is 18.9 Å². The highest BCUT2D eigenvalue weighted by molar-refractivity contribution is 7.16. The van der Waals surface area contributed by atoms with Crippen molar-refractivity contribution >= 4 is 22.2 Å². The Morgan fingerprint density at radius 3 is 2.69 bits per heavy atom. The summed E-state index contributed by atoms with van der Waals surface area (Å²) in [6, 6.07) is 8.45. The molecular weight excluding hydrogens is 424 g/mol. The van der Waals surface area contributed by atoms with Crippen molar-refractivity contribution < 1.29 is 14.3 Å². The quantitative estimate of drug-likeness (QED) is 0.701. The summed E-state index contributed by atoms with van der Waals surface area (Å²) in [5.41, 5.74) is 3.07. The minimum Gasteiger partial charge on any atom is -0.454 e. The lowest BCUT2D eigenvalue weighted by molar-refractivity contribution is -0.117. The lowest BCUT2D eigenvalue weighted by atomic mass is 10.1. The summed E-state index contributed by atoms with van der Waals surface area (Å²) < 4.78 is 10.9. The zero-order chi connectivity index (χ0) is 21.9. The van der Waals surface area contributed by atoms with Crippen LogP contribution in [0.4, 0.5) is 5.00 Å². The van der Waals surface area contributed by atoms with Crippen LogP contribution in [0, 0.1) is 11.3 Å². The van der Waals surface area contributed by atoms with Gasteiger partial charge in [-0.15, -0.1) is 11.3 Å². The van der Waals surface area contributed by atoms with Gasteiger partial charge in [-0.3, -0.25) is 14.6 Å². The van der Waals surface area contributed by atoms with E-state index in [4.69, 9.17) is 9.47 Å². The third-order valence-corrected chi connectivity index (χ3v) is 7.67. The summed E-state index contributed by atoms with van der Waals surface area (Å²) in [6.07, 6.45) is 5.49. The maximum Gasteiger partial charge on any atom is 0.239 e. The summed E-state index contributed by atoms with van der Waals surface area (Å²) in [5, 5.41) is 13.4. The van der Waals surface area contributed by atoms with Gasteiger partial charge in [-0.1, -0.05) is 12.5 Å². The smallest absolute Gasteiger partial charge is 0.239 e. The van der Waals surface area contributed by atoms with Gasteiger partial charge < -0.3 is 14.8 Å². The Kier molecular flexibility index (Phi) is 6.30. The molecule has 3 aliphatic rings. The van der Waals surface area contributed by atoms with Crippen LogP contribution in [0.15, 0.2) is 18.2 Å². The third-order valence-electron chi connectivity index (χ3n) is 6.46. The van der Waals surface area contributed by atoms with E-state index in [2.05, 4.69) is 33.3 Å². The van der Waals surface area contributed by atoms with E-state index in [1.54, 1.807) is 11.3 Å². The number of nitrogens with zero attached hydrogens (tertiary/aromatic N) is 3. The Labute approximate surface area is 192 Å². The van der Waals surface area contributed by atoms with E-state index in [0.717, 1.165) is 68.5 Å². The predicted octanol–water partition coefficient (Wildman–Crippen LogP) is 3.37. The molecule has 0 radical (unpaired) electrons. The van der Waals surface area contributed by atoms with Crippen LogP contribution in [0.1, 0.15) is 40.8 Å². The number of rotatable bonds is 5. The number of nitrogens with one attached hydrogen (secondary N) is 1. The Balaban J connectivity index is 1.12. The lowest BCUT2D eigenvalue weighted by Crippen LogP contribution is -2.48.